The number of hydrogen-bond donors (Lipinski definition) is 1. The van der Waals surface area contributed by atoms with E-state index >= 15 is 0 Å². The van der Waals surface area contributed by atoms with Gasteiger partial charge in [0.25, 0.3) is 0 Å². The number of benzene rings is 1. The van der Waals surface area contributed by atoms with Crippen molar-refractivity contribution in [1.82, 2.24) is 4.90 Å². The molecule has 1 N–H and O–H groups in total. The van der Waals surface area contributed by atoms with Crippen LogP contribution in [-0.4, -0.2) is 30.6 Å². The molecule has 1 aliphatic rings. The fraction of sp³-hybridized carbons (Fsp3) is 0.588. The van der Waals surface area contributed by atoms with Crippen LogP contribution >= 0.6 is 0 Å². The first-order valence-corrected chi connectivity index (χ1v) is 7.67. The second kappa shape index (κ2) is 7.31. The molecule has 2 atom stereocenters. The van der Waals surface area contributed by atoms with Crippen LogP contribution in [0.2, 0.25) is 0 Å². The molecule has 0 radical (unpaired) electrons. The topological polar surface area (TPSA) is 39.1 Å². The Balaban J connectivity index is 1.90. The normalized spacial score (nSPS) is 21.1. The molecule has 0 aromatic heterocycles. The molecule has 20 heavy (non-hydrogen) atoms. The highest BCUT2D eigenvalue weighted by Crippen LogP contribution is 2.22. The minimum Gasteiger partial charge on any atom is -0.382 e. The summed E-state index contributed by atoms with van der Waals surface area (Å²) in [6.07, 6.45) is 3.12. The Morgan fingerprint density at radius 1 is 1.40 bits per heavy atom. The van der Waals surface area contributed by atoms with Gasteiger partial charge >= 0.3 is 0 Å². The third kappa shape index (κ3) is 3.98. The number of nitrogens with one attached hydrogen (secondary N) is 1. The van der Waals surface area contributed by atoms with Gasteiger partial charge in [0.05, 0.1) is 12.5 Å². The summed E-state index contributed by atoms with van der Waals surface area (Å²) in [5.74, 6) is 0.725. The quantitative estimate of drug-likeness (QED) is 0.893. The molecule has 0 bridgehead atoms. The van der Waals surface area contributed by atoms with Crippen LogP contribution in [0.25, 0.3) is 0 Å². The summed E-state index contributed by atoms with van der Waals surface area (Å²) in [5, 5.41) is 12.3. The summed E-state index contributed by atoms with van der Waals surface area (Å²) in [6.45, 7) is 8.15. The van der Waals surface area contributed by atoms with Crippen molar-refractivity contribution in [3.63, 3.8) is 0 Å². The van der Waals surface area contributed by atoms with E-state index in [9.17, 15) is 0 Å². The van der Waals surface area contributed by atoms with Crippen LogP contribution in [0, 0.1) is 17.2 Å². The van der Waals surface area contributed by atoms with Gasteiger partial charge < -0.3 is 10.2 Å². The summed E-state index contributed by atoms with van der Waals surface area (Å²) in [4.78, 5) is 2.54. The zero-order chi connectivity index (χ0) is 14.4. The molecule has 1 aromatic rings. The Kier molecular flexibility index (Phi) is 5.43. The van der Waals surface area contributed by atoms with Gasteiger partial charge in [-0.05, 0) is 56.5 Å². The molecule has 1 aromatic carbocycles. The fourth-order valence-corrected chi connectivity index (χ4v) is 2.98. The summed E-state index contributed by atoms with van der Waals surface area (Å²) in [6, 6.07) is 10.9. The lowest BCUT2D eigenvalue weighted by atomic mass is 9.91. The van der Waals surface area contributed by atoms with E-state index in [1.807, 2.05) is 12.1 Å². The van der Waals surface area contributed by atoms with E-state index in [1.54, 1.807) is 0 Å². The monoisotopic (exact) mass is 271 g/mol. The van der Waals surface area contributed by atoms with E-state index in [1.165, 1.54) is 25.9 Å². The number of nitriles is 1. The number of rotatable bonds is 5. The standard InChI is InChI=1S/C17H25N3/c1-3-20-12-4-5-16(13-20)14(2)19-17-8-6-15(7-9-17)10-11-18/h6-9,14,16,19H,3-5,10,12-13H2,1-2H3. The predicted molar refractivity (Wildman–Crippen MR) is 83.7 cm³/mol. The van der Waals surface area contributed by atoms with Gasteiger partial charge in [-0.1, -0.05) is 19.1 Å². The third-order valence-electron chi connectivity index (χ3n) is 4.33. The largest absolute Gasteiger partial charge is 0.382 e. The van der Waals surface area contributed by atoms with Crippen LogP contribution in [0.1, 0.15) is 32.3 Å². The number of hydrogen-bond acceptors (Lipinski definition) is 3. The molecule has 0 saturated carbocycles. The Morgan fingerprint density at radius 2 is 2.15 bits per heavy atom. The summed E-state index contributed by atoms with van der Waals surface area (Å²) in [5.41, 5.74) is 2.24. The molecule has 1 heterocycles. The highest BCUT2D eigenvalue weighted by Gasteiger charge is 2.23. The average Bonchev–Trinajstić information content (AvgIpc) is 2.49. The zero-order valence-electron chi connectivity index (χ0n) is 12.6. The van der Waals surface area contributed by atoms with Crippen molar-refractivity contribution >= 4 is 5.69 Å². The van der Waals surface area contributed by atoms with Crippen LogP contribution < -0.4 is 5.32 Å². The maximum absolute atomic E-state index is 8.68. The Morgan fingerprint density at radius 3 is 2.80 bits per heavy atom. The van der Waals surface area contributed by atoms with Gasteiger partial charge in [0.1, 0.15) is 0 Å². The lowest BCUT2D eigenvalue weighted by Crippen LogP contribution is -2.41. The minimum absolute atomic E-state index is 0.490. The van der Waals surface area contributed by atoms with Gasteiger partial charge in [-0.15, -0.1) is 0 Å². The van der Waals surface area contributed by atoms with Crippen LogP contribution in [0.15, 0.2) is 24.3 Å². The third-order valence-corrected chi connectivity index (χ3v) is 4.33. The maximum atomic E-state index is 8.68. The molecule has 0 spiro atoms. The fourth-order valence-electron chi connectivity index (χ4n) is 2.98. The molecule has 1 aliphatic heterocycles. The van der Waals surface area contributed by atoms with Crippen molar-refractivity contribution in [1.29, 1.82) is 5.26 Å². The lowest BCUT2D eigenvalue weighted by molar-refractivity contribution is 0.172. The van der Waals surface area contributed by atoms with E-state index in [-0.39, 0.29) is 0 Å². The molecule has 108 valence electrons. The predicted octanol–water partition coefficient (Wildman–Crippen LogP) is 3.28. The molecule has 2 unspecified atom stereocenters. The first-order valence-electron chi connectivity index (χ1n) is 7.67. The molecule has 0 aliphatic carbocycles. The van der Waals surface area contributed by atoms with Crippen molar-refractivity contribution in [3.05, 3.63) is 29.8 Å². The lowest BCUT2D eigenvalue weighted by Gasteiger charge is -2.35. The van der Waals surface area contributed by atoms with Crippen LogP contribution in [0.4, 0.5) is 5.69 Å². The van der Waals surface area contributed by atoms with Crippen molar-refractivity contribution in [2.24, 2.45) is 5.92 Å². The van der Waals surface area contributed by atoms with Gasteiger partial charge in [0.15, 0.2) is 0 Å². The summed E-state index contributed by atoms with van der Waals surface area (Å²) >= 11 is 0. The molecule has 3 nitrogen and oxygen atoms in total. The van der Waals surface area contributed by atoms with Crippen molar-refractivity contribution in [2.45, 2.75) is 39.2 Å². The molecule has 1 saturated heterocycles. The van der Waals surface area contributed by atoms with Gasteiger partial charge in [-0.25, -0.2) is 0 Å². The van der Waals surface area contributed by atoms with Gasteiger partial charge in [-0.2, -0.15) is 5.26 Å². The number of piperidine rings is 1. The van der Waals surface area contributed by atoms with Gasteiger partial charge in [0.2, 0.25) is 0 Å². The van der Waals surface area contributed by atoms with Crippen LogP contribution in [-0.2, 0) is 6.42 Å². The highest BCUT2D eigenvalue weighted by atomic mass is 15.1. The number of anilines is 1. The van der Waals surface area contributed by atoms with E-state index in [0.29, 0.717) is 12.5 Å². The molecular formula is C17H25N3. The van der Waals surface area contributed by atoms with Crippen molar-refractivity contribution in [2.75, 3.05) is 25.0 Å². The summed E-state index contributed by atoms with van der Waals surface area (Å²) < 4.78 is 0. The van der Waals surface area contributed by atoms with E-state index < -0.39 is 0 Å². The van der Waals surface area contributed by atoms with E-state index in [4.69, 9.17) is 5.26 Å². The Bertz CT molecular complexity index is 446. The minimum atomic E-state index is 0.490. The number of likely N-dealkylation sites (tertiary alicyclic amines) is 1. The number of nitrogens with zero attached hydrogens (tertiary/aromatic N) is 2. The van der Waals surface area contributed by atoms with Crippen molar-refractivity contribution < 1.29 is 0 Å². The van der Waals surface area contributed by atoms with Crippen LogP contribution in [0.5, 0.6) is 0 Å². The molecule has 0 amide bonds. The van der Waals surface area contributed by atoms with Crippen molar-refractivity contribution in [3.8, 4) is 6.07 Å². The van der Waals surface area contributed by atoms with Crippen LogP contribution in [0.3, 0.4) is 0 Å². The molecule has 1 fully saturated rings. The Labute approximate surface area is 122 Å². The first kappa shape index (κ1) is 14.9. The first-order chi connectivity index (χ1) is 9.72. The Hall–Kier alpha value is -1.53. The van der Waals surface area contributed by atoms with E-state index in [0.717, 1.165) is 23.7 Å². The highest BCUT2D eigenvalue weighted by molar-refractivity contribution is 5.45. The molecule has 2 rings (SSSR count). The summed E-state index contributed by atoms with van der Waals surface area (Å²) in [7, 11) is 0. The smallest absolute Gasteiger partial charge is 0.0669 e. The zero-order valence-corrected chi connectivity index (χ0v) is 12.6. The second-order valence-corrected chi connectivity index (χ2v) is 5.76. The van der Waals surface area contributed by atoms with E-state index in [2.05, 4.69) is 42.3 Å². The van der Waals surface area contributed by atoms with Gasteiger partial charge in [-0.3, -0.25) is 0 Å². The second-order valence-electron chi connectivity index (χ2n) is 5.76. The molecule has 3 heteroatoms. The average molecular weight is 271 g/mol. The van der Waals surface area contributed by atoms with Gasteiger partial charge in [0, 0.05) is 18.3 Å². The maximum Gasteiger partial charge on any atom is 0.0669 e. The molecular weight excluding hydrogens is 246 g/mol. The SMILES string of the molecule is CCN1CCCC(C(C)Nc2ccc(CC#N)cc2)C1.